The maximum Gasteiger partial charge on any atom is 0.213 e. The van der Waals surface area contributed by atoms with E-state index in [9.17, 15) is 0 Å². The van der Waals surface area contributed by atoms with Crippen molar-refractivity contribution in [2.45, 2.75) is 33.0 Å². The van der Waals surface area contributed by atoms with E-state index in [4.69, 9.17) is 14.5 Å². The molecule has 30 heavy (non-hydrogen) atoms. The summed E-state index contributed by atoms with van der Waals surface area (Å²) in [5.41, 5.74) is 3.76. The first-order chi connectivity index (χ1) is 14.5. The quantitative estimate of drug-likeness (QED) is 0.517. The van der Waals surface area contributed by atoms with E-state index < -0.39 is 0 Å². The largest absolute Gasteiger partial charge is 0.496 e. The van der Waals surface area contributed by atoms with Crippen molar-refractivity contribution in [3.05, 3.63) is 48.0 Å². The summed E-state index contributed by atoms with van der Waals surface area (Å²) >= 11 is 0. The monoisotopic (exact) mass is 403 g/mol. The van der Waals surface area contributed by atoms with E-state index in [-0.39, 0.29) is 12.2 Å². The Bertz CT molecular complexity index is 1230. The molecular formula is C23H25N5O2. The van der Waals surface area contributed by atoms with Gasteiger partial charge in [0.05, 0.1) is 30.4 Å². The molecule has 2 atom stereocenters. The molecule has 0 amide bonds. The second-order valence-electron chi connectivity index (χ2n) is 7.98. The normalized spacial score (nSPS) is 19.5. The van der Waals surface area contributed by atoms with Gasteiger partial charge >= 0.3 is 0 Å². The van der Waals surface area contributed by atoms with Crippen LogP contribution in [-0.4, -0.2) is 52.0 Å². The van der Waals surface area contributed by atoms with Crippen LogP contribution in [0.3, 0.4) is 0 Å². The van der Waals surface area contributed by atoms with Crippen LogP contribution in [0.2, 0.25) is 0 Å². The van der Waals surface area contributed by atoms with Crippen molar-refractivity contribution in [2.24, 2.45) is 0 Å². The van der Waals surface area contributed by atoms with Crippen LogP contribution >= 0.6 is 0 Å². The van der Waals surface area contributed by atoms with Gasteiger partial charge in [0.15, 0.2) is 11.5 Å². The van der Waals surface area contributed by atoms with Crippen LogP contribution in [-0.2, 0) is 4.74 Å². The third kappa shape index (κ3) is 3.06. The van der Waals surface area contributed by atoms with Gasteiger partial charge < -0.3 is 14.4 Å². The summed E-state index contributed by atoms with van der Waals surface area (Å²) in [4.78, 5) is 7.33. The molecule has 1 fully saturated rings. The average Bonchev–Trinajstić information content (AvgIpc) is 3.18. The molecule has 1 saturated heterocycles. The van der Waals surface area contributed by atoms with E-state index in [1.165, 1.54) is 0 Å². The Hall–Kier alpha value is -3.19. The van der Waals surface area contributed by atoms with Crippen molar-refractivity contribution >= 4 is 22.5 Å². The SMILES string of the molecule is COc1ccccc1-c1nnc2c3cc(C)ccc3nc(N3C[C@@H](C)O[C@H](C)C3)n12. The van der Waals surface area contributed by atoms with Gasteiger partial charge in [-0.3, -0.25) is 0 Å². The van der Waals surface area contributed by atoms with Crippen molar-refractivity contribution in [2.75, 3.05) is 25.1 Å². The molecule has 0 aliphatic carbocycles. The molecule has 7 heteroatoms. The zero-order valence-electron chi connectivity index (χ0n) is 17.7. The standard InChI is InChI=1S/C23H25N5O2/c1-14-9-10-19-18(11-14)22-26-25-21(17-7-5-6-8-20(17)29-4)28(22)23(24-19)27-12-15(2)30-16(3)13-27/h5-11,15-16H,12-13H2,1-4H3/t15-,16-/m1/s1. The van der Waals surface area contributed by atoms with Crippen molar-refractivity contribution in [3.63, 3.8) is 0 Å². The lowest BCUT2D eigenvalue weighted by molar-refractivity contribution is -0.00576. The molecule has 2 aromatic heterocycles. The Morgan fingerprint density at radius 3 is 2.57 bits per heavy atom. The highest BCUT2D eigenvalue weighted by Gasteiger charge is 2.28. The molecule has 0 bridgehead atoms. The molecule has 2 aromatic carbocycles. The number of aryl methyl sites for hydroxylation is 1. The molecule has 1 aliphatic heterocycles. The fourth-order valence-electron chi connectivity index (χ4n) is 4.29. The van der Waals surface area contributed by atoms with Crippen LogP contribution in [0.4, 0.5) is 5.95 Å². The Labute approximate surface area is 175 Å². The third-order valence-electron chi connectivity index (χ3n) is 5.53. The molecule has 154 valence electrons. The number of morpholine rings is 1. The number of anilines is 1. The number of methoxy groups -OCH3 is 1. The van der Waals surface area contributed by atoms with E-state index in [0.717, 1.165) is 58.3 Å². The number of hydrogen-bond acceptors (Lipinski definition) is 6. The van der Waals surface area contributed by atoms with Gasteiger partial charge in [0.2, 0.25) is 5.95 Å². The van der Waals surface area contributed by atoms with Gasteiger partial charge in [-0.15, -0.1) is 10.2 Å². The summed E-state index contributed by atoms with van der Waals surface area (Å²) in [5.74, 6) is 2.31. The molecule has 0 radical (unpaired) electrons. The van der Waals surface area contributed by atoms with Crippen LogP contribution in [0.1, 0.15) is 19.4 Å². The van der Waals surface area contributed by atoms with E-state index in [2.05, 4.69) is 58.5 Å². The number of ether oxygens (including phenoxy) is 2. The van der Waals surface area contributed by atoms with Gasteiger partial charge in [-0.1, -0.05) is 23.8 Å². The molecule has 0 unspecified atom stereocenters. The maximum absolute atomic E-state index is 5.96. The Kier molecular flexibility index (Phi) is 4.55. The zero-order chi connectivity index (χ0) is 20.8. The van der Waals surface area contributed by atoms with Gasteiger partial charge in [0.25, 0.3) is 0 Å². The number of aromatic nitrogens is 4. The Morgan fingerprint density at radius 2 is 1.80 bits per heavy atom. The highest BCUT2D eigenvalue weighted by molar-refractivity contribution is 5.94. The average molecular weight is 403 g/mol. The fourth-order valence-corrected chi connectivity index (χ4v) is 4.29. The zero-order valence-corrected chi connectivity index (χ0v) is 17.7. The van der Waals surface area contributed by atoms with Gasteiger partial charge in [0.1, 0.15) is 5.75 Å². The second-order valence-corrected chi connectivity index (χ2v) is 7.98. The molecule has 1 aliphatic rings. The predicted octanol–water partition coefficient (Wildman–Crippen LogP) is 3.88. The number of nitrogens with zero attached hydrogens (tertiary/aromatic N) is 5. The van der Waals surface area contributed by atoms with E-state index in [1.54, 1.807) is 7.11 Å². The van der Waals surface area contributed by atoms with Crippen molar-refractivity contribution in [3.8, 4) is 17.1 Å². The first kappa shape index (κ1) is 18.8. The van der Waals surface area contributed by atoms with Crippen LogP contribution in [0.15, 0.2) is 42.5 Å². The minimum Gasteiger partial charge on any atom is -0.496 e. The van der Waals surface area contributed by atoms with Gasteiger partial charge in [-0.2, -0.15) is 0 Å². The summed E-state index contributed by atoms with van der Waals surface area (Å²) in [5, 5.41) is 10.2. The lowest BCUT2D eigenvalue weighted by atomic mass is 10.1. The summed E-state index contributed by atoms with van der Waals surface area (Å²) < 4.78 is 13.6. The lowest BCUT2D eigenvalue weighted by Crippen LogP contribution is -2.46. The third-order valence-corrected chi connectivity index (χ3v) is 5.53. The molecular weight excluding hydrogens is 378 g/mol. The first-order valence-electron chi connectivity index (χ1n) is 10.2. The first-order valence-corrected chi connectivity index (χ1v) is 10.2. The lowest BCUT2D eigenvalue weighted by Gasteiger charge is -2.36. The number of para-hydroxylation sites is 1. The van der Waals surface area contributed by atoms with Crippen LogP contribution in [0.5, 0.6) is 5.75 Å². The Balaban J connectivity index is 1.82. The molecule has 3 heterocycles. The van der Waals surface area contributed by atoms with Crippen LogP contribution in [0.25, 0.3) is 27.9 Å². The van der Waals surface area contributed by atoms with E-state index >= 15 is 0 Å². The summed E-state index contributed by atoms with van der Waals surface area (Å²) in [7, 11) is 1.67. The predicted molar refractivity (Wildman–Crippen MR) is 117 cm³/mol. The van der Waals surface area contributed by atoms with Crippen molar-refractivity contribution in [1.29, 1.82) is 0 Å². The summed E-state index contributed by atoms with van der Waals surface area (Å²) in [6.07, 6.45) is 0.232. The van der Waals surface area contributed by atoms with Crippen LogP contribution < -0.4 is 9.64 Å². The maximum atomic E-state index is 5.96. The number of benzene rings is 2. The highest BCUT2D eigenvalue weighted by atomic mass is 16.5. The van der Waals surface area contributed by atoms with E-state index in [1.807, 2.05) is 24.3 Å². The summed E-state index contributed by atoms with van der Waals surface area (Å²) in [6.45, 7) is 7.78. The van der Waals surface area contributed by atoms with Gasteiger partial charge in [-0.05, 0) is 45.0 Å². The topological polar surface area (TPSA) is 64.8 Å². The van der Waals surface area contributed by atoms with Gasteiger partial charge in [-0.25, -0.2) is 9.38 Å². The number of fused-ring (bicyclic) bond motifs is 3. The molecule has 4 aromatic rings. The Morgan fingerprint density at radius 1 is 1.03 bits per heavy atom. The van der Waals surface area contributed by atoms with Crippen LogP contribution in [0, 0.1) is 6.92 Å². The highest BCUT2D eigenvalue weighted by Crippen LogP contribution is 2.33. The summed E-state index contributed by atoms with van der Waals surface area (Å²) in [6, 6.07) is 14.1. The van der Waals surface area contributed by atoms with Crippen molar-refractivity contribution in [1.82, 2.24) is 19.6 Å². The number of hydrogen-bond donors (Lipinski definition) is 0. The fraction of sp³-hybridized carbons (Fsp3) is 0.348. The van der Waals surface area contributed by atoms with Crippen molar-refractivity contribution < 1.29 is 9.47 Å². The molecule has 0 N–H and O–H groups in total. The second kappa shape index (κ2) is 7.25. The molecule has 7 nitrogen and oxygen atoms in total. The molecule has 0 saturated carbocycles. The smallest absolute Gasteiger partial charge is 0.213 e. The number of rotatable bonds is 3. The minimum atomic E-state index is 0.116. The van der Waals surface area contributed by atoms with E-state index in [0.29, 0.717) is 0 Å². The minimum absolute atomic E-state index is 0.116. The molecule has 0 spiro atoms. The molecule has 5 rings (SSSR count). The van der Waals surface area contributed by atoms with Gasteiger partial charge in [0, 0.05) is 18.5 Å².